The van der Waals surface area contributed by atoms with Gasteiger partial charge in [-0.1, -0.05) is 59.6 Å². The highest BCUT2D eigenvalue weighted by molar-refractivity contribution is 6.31. The first-order valence-corrected chi connectivity index (χ1v) is 9.65. The summed E-state index contributed by atoms with van der Waals surface area (Å²) in [5.74, 6) is -1.11. The minimum atomic E-state index is -1.05. The fraction of sp³-hybridized carbons (Fsp3) is 0.174. The molecule has 0 spiro atoms. The smallest absolute Gasteiger partial charge is 0.305 e. The van der Waals surface area contributed by atoms with Crippen molar-refractivity contribution in [2.45, 2.75) is 19.4 Å². The van der Waals surface area contributed by atoms with E-state index in [-0.39, 0.29) is 12.0 Å². The molecule has 1 aromatic heterocycles. The number of carbonyl (C=O) groups is 2. The SMILES string of the molecule is COc1ncc(C(=O)NC(CC(=O)O)c2ccccc2Cl)cc1-c1cccc(C)c1. The topological polar surface area (TPSA) is 88.5 Å². The molecule has 154 valence electrons. The number of amides is 1. The van der Waals surface area contributed by atoms with Gasteiger partial charge in [-0.2, -0.15) is 0 Å². The number of hydrogen-bond donors (Lipinski definition) is 2. The third-order valence-electron chi connectivity index (χ3n) is 4.60. The monoisotopic (exact) mass is 424 g/mol. The van der Waals surface area contributed by atoms with Crippen LogP contribution in [0.5, 0.6) is 5.88 Å². The van der Waals surface area contributed by atoms with E-state index in [2.05, 4.69) is 10.3 Å². The second-order valence-corrected chi connectivity index (χ2v) is 7.20. The van der Waals surface area contributed by atoms with E-state index >= 15 is 0 Å². The van der Waals surface area contributed by atoms with Crippen molar-refractivity contribution in [3.8, 4) is 17.0 Å². The van der Waals surface area contributed by atoms with E-state index in [0.29, 0.717) is 22.0 Å². The number of nitrogens with one attached hydrogen (secondary N) is 1. The molecule has 0 aliphatic carbocycles. The maximum atomic E-state index is 12.9. The number of nitrogens with zero attached hydrogens (tertiary/aromatic N) is 1. The first-order chi connectivity index (χ1) is 14.4. The predicted octanol–water partition coefficient (Wildman–Crippen LogP) is 4.66. The number of carbonyl (C=O) groups excluding carboxylic acids is 1. The number of pyridine rings is 1. The van der Waals surface area contributed by atoms with Gasteiger partial charge in [0, 0.05) is 16.8 Å². The van der Waals surface area contributed by atoms with Gasteiger partial charge in [0.15, 0.2) is 0 Å². The normalized spacial score (nSPS) is 11.6. The summed E-state index contributed by atoms with van der Waals surface area (Å²) in [5.41, 5.74) is 3.42. The molecule has 0 aliphatic heterocycles. The van der Waals surface area contributed by atoms with Crippen LogP contribution in [0.1, 0.15) is 33.9 Å². The predicted molar refractivity (Wildman–Crippen MR) is 115 cm³/mol. The molecule has 30 heavy (non-hydrogen) atoms. The molecule has 0 saturated heterocycles. The largest absolute Gasteiger partial charge is 0.481 e. The van der Waals surface area contributed by atoms with Gasteiger partial charge in [0.2, 0.25) is 5.88 Å². The van der Waals surface area contributed by atoms with Crippen molar-refractivity contribution >= 4 is 23.5 Å². The molecule has 6 nitrogen and oxygen atoms in total. The minimum absolute atomic E-state index is 0.287. The standard InChI is InChI=1S/C23H21ClN2O4/c1-14-6-5-7-15(10-14)18-11-16(13-25-23(18)30-2)22(29)26-20(12-21(27)28)17-8-3-4-9-19(17)24/h3-11,13,20H,12H2,1-2H3,(H,26,29)(H,27,28). The van der Waals surface area contributed by atoms with Crippen molar-refractivity contribution in [1.82, 2.24) is 10.3 Å². The number of aromatic nitrogens is 1. The number of halogens is 1. The van der Waals surface area contributed by atoms with Crippen molar-refractivity contribution in [1.29, 1.82) is 0 Å². The Balaban J connectivity index is 1.94. The number of aryl methyl sites for hydroxylation is 1. The summed E-state index contributed by atoms with van der Waals surface area (Å²) in [6.07, 6.45) is 1.10. The molecule has 0 fully saturated rings. The van der Waals surface area contributed by atoms with Crippen LogP contribution < -0.4 is 10.1 Å². The Morgan fingerprint density at radius 3 is 2.60 bits per heavy atom. The Bertz CT molecular complexity index is 1080. The Hall–Kier alpha value is -3.38. The fourth-order valence-corrected chi connectivity index (χ4v) is 3.44. The maximum Gasteiger partial charge on any atom is 0.305 e. The van der Waals surface area contributed by atoms with Crippen LogP contribution in [0.4, 0.5) is 0 Å². The second-order valence-electron chi connectivity index (χ2n) is 6.80. The van der Waals surface area contributed by atoms with Gasteiger partial charge >= 0.3 is 5.97 Å². The number of carboxylic acids is 1. The second kappa shape index (κ2) is 9.41. The number of ether oxygens (including phenoxy) is 1. The van der Waals surface area contributed by atoms with E-state index in [1.807, 2.05) is 31.2 Å². The molecule has 0 bridgehead atoms. The summed E-state index contributed by atoms with van der Waals surface area (Å²) >= 11 is 6.22. The Morgan fingerprint density at radius 2 is 1.93 bits per heavy atom. The van der Waals surface area contributed by atoms with Gasteiger partial charge in [0.05, 0.1) is 25.1 Å². The third-order valence-corrected chi connectivity index (χ3v) is 4.94. The molecule has 1 atom stereocenters. The van der Waals surface area contributed by atoms with Crippen LogP contribution in [-0.2, 0) is 4.79 Å². The lowest BCUT2D eigenvalue weighted by Gasteiger charge is -2.19. The van der Waals surface area contributed by atoms with Crippen molar-refractivity contribution < 1.29 is 19.4 Å². The highest BCUT2D eigenvalue weighted by Crippen LogP contribution is 2.30. The Kier molecular flexibility index (Phi) is 6.69. The molecular formula is C23H21ClN2O4. The number of carboxylic acid groups (broad SMARTS) is 1. The average Bonchev–Trinajstić information content (AvgIpc) is 2.72. The van der Waals surface area contributed by atoms with Crippen LogP contribution in [-0.4, -0.2) is 29.1 Å². The number of aliphatic carboxylic acids is 1. The first kappa shape index (κ1) is 21.3. The summed E-state index contributed by atoms with van der Waals surface area (Å²) in [7, 11) is 1.52. The lowest BCUT2D eigenvalue weighted by Crippen LogP contribution is -2.30. The summed E-state index contributed by atoms with van der Waals surface area (Å²) in [5, 5.41) is 12.4. The van der Waals surface area contributed by atoms with Gasteiger partial charge in [0.1, 0.15) is 0 Å². The summed E-state index contributed by atoms with van der Waals surface area (Å²) in [6.45, 7) is 1.97. The zero-order valence-corrected chi connectivity index (χ0v) is 17.3. The molecule has 1 heterocycles. The van der Waals surface area contributed by atoms with Crippen LogP contribution >= 0.6 is 11.6 Å². The third kappa shape index (κ3) is 4.96. The molecule has 3 rings (SSSR count). The van der Waals surface area contributed by atoms with E-state index < -0.39 is 17.9 Å². The van der Waals surface area contributed by atoms with Crippen molar-refractivity contribution in [2.75, 3.05) is 7.11 Å². The van der Waals surface area contributed by atoms with E-state index in [9.17, 15) is 14.7 Å². The van der Waals surface area contributed by atoms with Crippen LogP contribution in [0.3, 0.4) is 0 Å². The first-order valence-electron chi connectivity index (χ1n) is 9.27. The van der Waals surface area contributed by atoms with Gasteiger partial charge in [0.25, 0.3) is 5.91 Å². The molecule has 7 heteroatoms. The molecule has 0 aliphatic rings. The minimum Gasteiger partial charge on any atom is -0.481 e. The summed E-state index contributed by atoms with van der Waals surface area (Å²) in [6, 6.07) is 15.5. The summed E-state index contributed by atoms with van der Waals surface area (Å²) < 4.78 is 5.36. The molecule has 0 radical (unpaired) electrons. The number of rotatable bonds is 7. The highest BCUT2D eigenvalue weighted by atomic mass is 35.5. The number of benzene rings is 2. The van der Waals surface area contributed by atoms with Crippen molar-refractivity contribution in [3.63, 3.8) is 0 Å². The molecule has 1 unspecified atom stereocenters. The van der Waals surface area contributed by atoms with E-state index in [4.69, 9.17) is 16.3 Å². The molecule has 2 N–H and O–H groups in total. The average molecular weight is 425 g/mol. The van der Waals surface area contributed by atoms with Gasteiger partial charge in [-0.15, -0.1) is 0 Å². The lowest BCUT2D eigenvalue weighted by atomic mass is 10.0. The van der Waals surface area contributed by atoms with Crippen LogP contribution in [0.25, 0.3) is 11.1 Å². The Morgan fingerprint density at radius 1 is 1.17 bits per heavy atom. The van der Waals surface area contributed by atoms with Crippen molar-refractivity contribution in [2.24, 2.45) is 0 Å². The lowest BCUT2D eigenvalue weighted by molar-refractivity contribution is -0.137. The molecular weight excluding hydrogens is 404 g/mol. The highest BCUT2D eigenvalue weighted by Gasteiger charge is 2.22. The summed E-state index contributed by atoms with van der Waals surface area (Å²) in [4.78, 5) is 28.5. The van der Waals surface area contributed by atoms with Crippen LogP contribution in [0.2, 0.25) is 5.02 Å². The fourth-order valence-electron chi connectivity index (χ4n) is 3.17. The zero-order valence-electron chi connectivity index (χ0n) is 16.6. The molecule has 0 saturated carbocycles. The Labute approximate surface area is 179 Å². The van der Waals surface area contributed by atoms with Crippen LogP contribution in [0, 0.1) is 6.92 Å². The number of methoxy groups -OCH3 is 1. The van der Waals surface area contributed by atoms with Gasteiger partial charge < -0.3 is 15.2 Å². The molecule has 3 aromatic rings. The molecule has 1 amide bonds. The quantitative estimate of drug-likeness (QED) is 0.575. The van der Waals surface area contributed by atoms with Crippen molar-refractivity contribution in [3.05, 3.63) is 82.5 Å². The van der Waals surface area contributed by atoms with Gasteiger partial charge in [-0.25, -0.2) is 4.98 Å². The van der Waals surface area contributed by atoms with Gasteiger partial charge in [-0.3, -0.25) is 9.59 Å². The maximum absolute atomic E-state index is 12.9. The van der Waals surface area contributed by atoms with E-state index in [1.165, 1.54) is 13.3 Å². The van der Waals surface area contributed by atoms with E-state index in [1.54, 1.807) is 30.3 Å². The number of hydrogen-bond acceptors (Lipinski definition) is 4. The van der Waals surface area contributed by atoms with Crippen LogP contribution in [0.15, 0.2) is 60.8 Å². The zero-order chi connectivity index (χ0) is 21.7. The van der Waals surface area contributed by atoms with Gasteiger partial charge in [-0.05, 0) is 30.2 Å². The molecule has 2 aromatic carbocycles. The van der Waals surface area contributed by atoms with E-state index in [0.717, 1.165) is 11.1 Å².